The molecule has 20 heavy (non-hydrogen) atoms. The zero-order chi connectivity index (χ0) is 14.5. The van der Waals surface area contributed by atoms with Crippen molar-refractivity contribution in [3.8, 4) is 0 Å². The molecule has 1 aromatic carbocycles. The lowest BCUT2D eigenvalue weighted by Gasteiger charge is -2.39. The number of nitrogens with zero attached hydrogens (tertiary/aromatic N) is 1. The van der Waals surface area contributed by atoms with E-state index in [4.69, 9.17) is 4.74 Å². The maximum absolute atomic E-state index is 6.06. The molecule has 112 valence electrons. The van der Waals surface area contributed by atoms with E-state index in [1.54, 1.807) is 0 Å². The quantitative estimate of drug-likeness (QED) is 0.895. The largest absolute Gasteiger partial charge is 0.374 e. The second-order valence-electron chi connectivity index (χ2n) is 5.95. The van der Waals surface area contributed by atoms with E-state index < -0.39 is 0 Å². The van der Waals surface area contributed by atoms with E-state index in [9.17, 15) is 0 Å². The lowest BCUT2D eigenvalue weighted by Crippen LogP contribution is -2.50. The minimum Gasteiger partial charge on any atom is -0.374 e. The van der Waals surface area contributed by atoms with Crippen molar-refractivity contribution in [1.29, 1.82) is 0 Å². The van der Waals surface area contributed by atoms with Gasteiger partial charge in [0.05, 0.1) is 18.8 Å². The number of benzene rings is 1. The zero-order valence-electron chi connectivity index (χ0n) is 13.2. The number of nitrogens with one attached hydrogen (secondary N) is 1. The fraction of sp³-hybridized carbons (Fsp3) is 0.647. The van der Waals surface area contributed by atoms with E-state index in [1.807, 2.05) is 0 Å². The Labute approximate surface area is 123 Å². The third kappa shape index (κ3) is 3.81. The van der Waals surface area contributed by atoms with Gasteiger partial charge in [-0.2, -0.15) is 0 Å². The predicted octanol–water partition coefficient (Wildman–Crippen LogP) is 2.75. The summed E-state index contributed by atoms with van der Waals surface area (Å²) in [7, 11) is 0. The van der Waals surface area contributed by atoms with Gasteiger partial charge in [-0.25, -0.2) is 0 Å². The van der Waals surface area contributed by atoms with Gasteiger partial charge in [0.1, 0.15) is 0 Å². The van der Waals surface area contributed by atoms with E-state index >= 15 is 0 Å². The van der Waals surface area contributed by atoms with Gasteiger partial charge in [-0.15, -0.1) is 0 Å². The summed E-state index contributed by atoms with van der Waals surface area (Å²) < 4.78 is 6.06. The Kier molecular flexibility index (Phi) is 5.58. The highest BCUT2D eigenvalue weighted by Crippen LogP contribution is 2.24. The Balaban J connectivity index is 2.15. The molecule has 1 aliphatic heterocycles. The van der Waals surface area contributed by atoms with Crippen molar-refractivity contribution >= 4 is 0 Å². The number of aryl methyl sites for hydroxylation is 1. The first-order valence-corrected chi connectivity index (χ1v) is 7.77. The second kappa shape index (κ2) is 7.21. The summed E-state index contributed by atoms with van der Waals surface area (Å²) >= 11 is 0. The summed E-state index contributed by atoms with van der Waals surface area (Å²) in [4.78, 5) is 2.51. The molecule has 2 unspecified atom stereocenters. The standard InChI is InChI=1S/C17H28N2O/c1-5-18-17(15-8-6-7-14(4)11-15)16-12-19(13(2)3)9-10-20-16/h6-8,11,13,16-18H,5,9-10,12H2,1-4H3. The number of likely N-dealkylation sites (N-methyl/N-ethyl adjacent to an activating group) is 1. The number of morpholine rings is 1. The Morgan fingerprint density at radius 3 is 2.85 bits per heavy atom. The first-order chi connectivity index (χ1) is 9.61. The van der Waals surface area contributed by atoms with Crippen molar-refractivity contribution in [1.82, 2.24) is 10.2 Å². The van der Waals surface area contributed by atoms with Gasteiger partial charge in [-0.1, -0.05) is 36.8 Å². The minimum absolute atomic E-state index is 0.230. The average molecular weight is 276 g/mol. The first-order valence-electron chi connectivity index (χ1n) is 7.77. The Morgan fingerprint density at radius 2 is 2.20 bits per heavy atom. The molecule has 3 nitrogen and oxygen atoms in total. The van der Waals surface area contributed by atoms with Crippen LogP contribution in [0.4, 0.5) is 0 Å². The fourth-order valence-corrected chi connectivity index (χ4v) is 2.91. The van der Waals surface area contributed by atoms with Crippen LogP contribution in [0.2, 0.25) is 0 Å². The Bertz CT molecular complexity index is 419. The summed E-state index contributed by atoms with van der Waals surface area (Å²) in [6, 6.07) is 9.62. The van der Waals surface area contributed by atoms with Crippen LogP contribution in [-0.2, 0) is 4.74 Å². The lowest BCUT2D eigenvalue weighted by molar-refractivity contribution is -0.0558. The molecule has 0 bridgehead atoms. The molecule has 2 atom stereocenters. The molecule has 1 heterocycles. The predicted molar refractivity (Wildman–Crippen MR) is 84.0 cm³/mol. The molecule has 0 saturated carbocycles. The van der Waals surface area contributed by atoms with Crippen molar-refractivity contribution in [2.24, 2.45) is 0 Å². The Morgan fingerprint density at radius 1 is 1.40 bits per heavy atom. The third-order valence-corrected chi connectivity index (χ3v) is 4.05. The minimum atomic E-state index is 0.230. The van der Waals surface area contributed by atoms with Gasteiger partial charge in [-0.05, 0) is 32.9 Å². The number of rotatable bonds is 5. The van der Waals surface area contributed by atoms with Gasteiger partial charge in [0.25, 0.3) is 0 Å². The molecule has 0 aliphatic carbocycles. The molecule has 1 aliphatic rings. The molecule has 0 spiro atoms. The molecule has 1 N–H and O–H groups in total. The fourth-order valence-electron chi connectivity index (χ4n) is 2.91. The maximum atomic E-state index is 6.06. The van der Waals surface area contributed by atoms with E-state index in [0.29, 0.717) is 6.04 Å². The van der Waals surface area contributed by atoms with Crippen molar-refractivity contribution in [2.75, 3.05) is 26.2 Å². The molecule has 0 aromatic heterocycles. The number of hydrogen-bond donors (Lipinski definition) is 1. The van der Waals surface area contributed by atoms with Crippen molar-refractivity contribution < 1.29 is 4.74 Å². The summed E-state index contributed by atoms with van der Waals surface area (Å²) in [5, 5.41) is 3.60. The molecular formula is C17H28N2O. The summed E-state index contributed by atoms with van der Waals surface area (Å²) in [5.74, 6) is 0. The molecule has 2 rings (SSSR count). The summed E-state index contributed by atoms with van der Waals surface area (Å²) in [6.07, 6.45) is 0.230. The lowest BCUT2D eigenvalue weighted by atomic mass is 9.98. The van der Waals surface area contributed by atoms with E-state index in [-0.39, 0.29) is 12.1 Å². The highest BCUT2D eigenvalue weighted by molar-refractivity contribution is 5.26. The maximum Gasteiger partial charge on any atom is 0.0897 e. The molecule has 1 fully saturated rings. The van der Waals surface area contributed by atoms with Crippen LogP contribution >= 0.6 is 0 Å². The van der Waals surface area contributed by atoms with Crippen molar-refractivity contribution in [3.05, 3.63) is 35.4 Å². The molecule has 3 heteroatoms. The second-order valence-corrected chi connectivity index (χ2v) is 5.95. The SMILES string of the molecule is CCNC(c1cccc(C)c1)C1CN(C(C)C)CCO1. The van der Waals surface area contributed by atoms with Gasteiger partial charge >= 0.3 is 0 Å². The van der Waals surface area contributed by atoms with Crippen LogP contribution in [0.15, 0.2) is 24.3 Å². The topological polar surface area (TPSA) is 24.5 Å². The highest BCUT2D eigenvalue weighted by Gasteiger charge is 2.29. The molecule has 0 radical (unpaired) electrons. The van der Waals surface area contributed by atoms with Gasteiger partial charge in [-0.3, -0.25) is 4.90 Å². The van der Waals surface area contributed by atoms with Gasteiger partial charge < -0.3 is 10.1 Å². The van der Waals surface area contributed by atoms with Crippen LogP contribution in [-0.4, -0.2) is 43.3 Å². The average Bonchev–Trinajstić information content (AvgIpc) is 2.45. The van der Waals surface area contributed by atoms with Crippen LogP contribution in [0.5, 0.6) is 0 Å². The highest BCUT2D eigenvalue weighted by atomic mass is 16.5. The molecule has 1 aromatic rings. The normalized spacial score (nSPS) is 22.1. The van der Waals surface area contributed by atoms with Crippen LogP contribution in [0, 0.1) is 6.92 Å². The van der Waals surface area contributed by atoms with E-state index in [1.165, 1.54) is 11.1 Å². The number of hydrogen-bond acceptors (Lipinski definition) is 3. The zero-order valence-corrected chi connectivity index (χ0v) is 13.2. The number of ether oxygens (including phenoxy) is 1. The molecule has 0 amide bonds. The van der Waals surface area contributed by atoms with Crippen LogP contribution in [0.25, 0.3) is 0 Å². The van der Waals surface area contributed by atoms with Crippen molar-refractivity contribution in [2.45, 2.75) is 45.9 Å². The third-order valence-electron chi connectivity index (χ3n) is 4.05. The summed E-state index contributed by atoms with van der Waals surface area (Å²) in [5.41, 5.74) is 2.64. The van der Waals surface area contributed by atoms with E-state index in [2.05, 4.69) is 62.2 Å². The van der Waals surface area contributed by atoms with Crippen LogP contribution in [0.3, 0.4) is 0 Å². The van der Waals surface area contributed by atoms with E-state index in [0.717, 1.165) is 26.2 Å². The molecular weight excluding hydrogens is 248 g/mol. The van der Waals surface area contributed by atoms with Crippen molar-refractivity contribution in [3.63, 3.8) is 0 Å². The van der Waals surface area contributed by atoms with Gasteiger partial charge in [0.2, 0.25) is 0 Å². The first kappa shape index (κ1) is 15.5. The van der Waals surface area contributed by atoms with Crippen LogP contribution < -0.4 is 5.32 Å². The Hall–Kier alpha value is -0.900. The van der Waals surface area contributed by atoms with Gasteiger partial charge in [0, 0.05) is 19.1 Å². The smallest absolute Gasteiger partial charge is 0.0897 e. The van der Waals surface area contributed by atoms with Crippen LogP contribution in [0.1, 0.15) is 37.9 Å². The molecule has 1 saturated heterocycles. The van der Waals surface area contributed by atoms with Gasteiger partial charge in [0.15, 0.2) is 0 Å². The summed E-state index contributed by atoms with van der Waals surface area (Å²) in [6.45, 7) is 12.7. The monoisotopic (exact) mass is 276 g/mol.